The molecular formula is C54H47IN4. The van der Waals surface area contributed by atoms with Crippen molar-refractivity contribution < 1.29 is 0 Å². The van der Waals surface area contributed by atoms with Gasteiger partial charge in [-0.3, -0.25) is 4.57 Å². The number of hydrogen-bond acceptors (Lipinski definition) is 3. The van der Waals surface area contributed by atoms with E-state index in [4.69, 9.17) is 10.7 Å². The molecule has 0 radical (unpaired) electrons. The van der Waals surface area contributed by atoms with E-state index in [0.29, 0.717) is 11.8 Å². The third-order valence-corrected chi connectivity index (χ3v) is 14.6. The number of benzene rings is 4. The smallest absolute Gasteiger partial charge is 0.125 e. The number of allylic oxidation sites excluding steroid dienone is 14. The van der Waals surface area contributed by atoms with E-state index < -0.39 is 0 Å². The minimum Gasteiger partial charge on any atom is -0.381 e. The molecule has 5 aromatic rings. The second kappa shape index (κ2) is 14.4. The minimum atomic E-state index is -0.187. The van der Waals surface area contributed by atoms with Crippen LogP contribution in [0.3, 0.4) is 0 Å². The largest absolute Gasteiger partial charge is 0.381 e. The summed E-state index contributed by atoms with van der Waals surface area (Å²) in [4.78, 5) is 5.65. The number of rotatable bonds is 9. The van der Waals surface area contributed by atoms with E-state index in [9.17, 15) is 0 Å². The van der Waals surface area contributed by atoms with Crippen LogP contribution in [0.25, 0.3) is 34.5 Å². The minimum absolute atomic E-state index is 0.000919. The first-order valence-electron chi connectivity index (χ1n) is 21.1. The first-order valence-corrected chi connectivity index (χ1v) is 22.3. The average Bonchev–Trinajstić information content (AvgIpc) is 4.19. The van der Waals surface area contributed by atoms with E-state index in [1.54, 1.807) is 0 Å². The Labute approximate surface area is 360 Å². The molecule has 0 bridgehead atoms. The van der Waals surface area contributed by atoms with Gasteiger partial charge in [0.2, 0.25) is 0 Å². The highest BCUT2D eigenvalue weighted by Crippen LogP contribution is 2.62. The van der Waals surface area contributed by atoms with E-state index in [1.807, 2.05) is 6.07 Å². The number of imidazole rings is 1. The van der Waals surface area contributed by atoms with Crippen LogP contribution in [-0.4, -0.2) is 16.1 Å². The van der Waals surface area contributed by atoms with Gasteiger partial charge in [0.15, 0.2) is 0 Å². The summed E-state index contributed by atoms with van der Waals surface area (Å²) >= 11 is 2.56. The fraction of sp³-hybridized carbons (Fsp3) is 0.204. The second-order valence-electron chi connectivity index (χ2n) is 17.1. The summed E-state index contributed by atoms with van der Waals surface area (Å²) in [5.74, 6) is 2.08. The first-order chi connectivity index (χ1) is 28.9. The van der Waals surface area contributed by atoms with Gasteiger partial charge in [-0.25, -0.2) is 4.98 Å². The molecule has 6 atom stereocenters. The summed E-state index contributed by atoms with van der Waals surface area (Å²) in [7, 11) is 0. The van der Waals surface area contributed by atoms with E-state index in [2.05, 4.69) is 209 Å². The predicted molar refractivity (Wildman–Crippen MR) is 255 cm³/mol. The predicted octanol–water partition coefficient (Wildman–Crippen LogP) is 12.6. The van der Waals surface area contributed by atoms with Crippen molar-refractivity contribution in [1.29, 1.82) is 0 Å². The lowest BCUT2D eigenvalue weighted by Crippen LogP contribution is -2.18. The number of nitrogens with two attached hydrogens (primary N) is 1. The molecule has 0 saturated heterocycles. The molecule has 5 aliphatic carbocycles. The average molecular weight is 879 g/mol. The summed E-state index contributed by atoms with van der Waals surface area (Å²) in [5, 5.41) is 3.72. The van der Waals surface area contributed by atoms with Crippen molar-refractivity contribution >= 4 is 62.7 Å². The summed E-state index contributed by atoms with van der Waals surface area (Å²) in [6.07, 6.45) is 37.9. The van der Waals surface area contributed by atoms with Crippen molar-refractivity contribution in [3.05, 3.63) is 214 Å². The number of halogens is 1. The molecule has 5 heteroatoms. The van der Waals surface area contributed by atoms with Crippen LogP contribution in [0.1, 0.15) is 74.5 Å². The van der Waals surface area contributed by atoms with E-state index in [1.165, 1.54) is 67.3 Å². The van der Waals surface area contributed by atoms with Crippen LogP contribution in [0, 0.1) is 11.8 Å². The van der Waals surface area contributed by atoms with Crippen LogP contribution < -0.4 is 11.1 Å². The maximum atomic E-state index is 6.76. The number of nitrogens with one attached hydrogen (secondary N) is 1. The molecule has 0 amide bonds. The van der Waals surface area contributed by atoms with Gasteiger partial charge in [0, 0.05) is 34.8 Å². The van der Waals surface area contributed by atoms with Gasteiger partial charge in [0.25, 0.3) is 0 Å². The summed E-state index contributed by atoms with van der Waals surface area (Å²) in [6, 6.07) is 30.3. The van der Waals surface area contributed by atoms with E-state index >= 15 is 0 Å². The molecule has 4 aromatic carbocycles. The van der Waals surface area contributed by atoms with Gasteiger partial charge < -0.3 is 11.1 Å². The van der Waals surface area contributed by atoms with Gasteiger partial charge >= 0.3 is 0 Å². The maximum absolute atomic E-state index is 6.76. The monoisotopic (exact) mass is 878 g/mol. The molecular weight excluding hydrogens is 832 g/mol. The summed E-state index contributed by atoms with van der Waals surface area (Å²) in [6.45, 7) is 3.04. The number of anilines is 1. The zero-order valence-corrected chi connectivity index (χ0v) is 35.4. The second-order valence-corrected chi connectivity index (χ2v) is 18.4. The molecule has 1 aromatic heterocycles. The lowest BCUT2D eigenvalue weighted by Gasteiger charge is -2.24. The normalized spacial score (nSPS) is 25.6. The van der Waals surface area contributed by atoms with Gasteiger partial charge in [0.05, 0.1) is 26.1 Å². The molecule has 2 heterocycles. The van der Waals surface area contributed by atoms with Gasteiger partial charge in [-0.15, -0.1) is 0 Å². The third-order valence-electron chi connectivity index (χ3n) is 13.6. The van der Waals surface area contributed by atoms with Crippen LogP contribution >= 0.6 is 22.6 Å². The fourth-order valence-electron chi connectivity index (χ4n) is 10.2. The van der Waals surface area contributed by atoms with Gasteiger partial charge in [0.1, 0.15) is 5.82 Å². The molecule has 1 aliphatic heterocycles. The van der Waals surface area contributed by atoms with E-state index in [-0.39, 0.29) is 20.8 Å². The quantitative estimate of drug-likeness (QED) is 0.0881. The standard InChI is InChI=1S/C54H47IN4/c1-35(30-48(56)38-16-7-3-8-17-38)46(32-47(55)37-14-5-2-6-15-37)36-22-24-39(25-23-36)53-28-26-42(31-41(53)34-53)59-51-44-20-10-4-9-19-43(44)49-45(21-13-29-57-49)50(51)58-52(59)54-27-12-11-18-40(54)33-54/h2-19,21-28,30-32,40-41,47-48,57H,20,29,33-34,56H2,1H3/b35-30?,46-32+. The molecule has 2 saturated carbocycles. The van der Waals surface area contributed by atoms with Gasteiger partial charge in [-0.1, -0.05) is 193 Å². The summed E-state index contributed by atoms with van der Waals surface area (Å²) in [5.41, 5.74) is 22.8. The Bertz CT molecular complexity index is 2790. The number of fused-ring (bicyclic) bond motifs is 8. The SMILES string of the molecule is CC(=CC(N)c1ccccc1)/C(=C\C(I)c1ccccc1)c1ccc(C23C=CC(n4c(C56C=CC=CC5C6)nc5c6c(c7c(c54)CC=CC=C7)NCC=C6)=CC2C3)cc1. The molecule has 4 nitrogen and oxygen atoms in total. The molecule has 11 rings (SSSR count). The molecule has 6 unspecified atom stereocenters. The molecule has 6 aliphatic rings. The van der Waals surface area contributed by atoms with Crippen LogP contribution in [0.4, 0.5) is 5.69 Å². The number of nitrogens with zero attached hydrogens (tertiary/aromatic N) is 2. The number of hydrogen-bond donors (Lipinski definition) is 2. The van der Waals surface area contributed by atoms with Crippen LogP contribution in [0.15, 0.2) is 169 Å². The lowest BCUT2D eigenvalue weighted by atomic mass is 9.87. The van der Waals surface area contributed by atoms with Gasteiger partial charge in [-0.05, 0) is 83.1 Å². The van der Waals surface area contributed by atoms with E-state index in [0.717, 1.165) is 36.9 Å². The highest BCUT2D eigenvalue weighted by Gasteiger charge is 2.57. The lowest BCUT2D eigenvalue weighted by molar-refractivity contribution is 0.725. The number of aromatic nitrogens is 2. The zero-order chi connectivity index (χ0) is 39.7. The molecule has 2 fully saturated rings. The summed E-state index contributed by atoms with van der Waals surface area (Å²) < 4.78 is 2.78. The van der Waals surface area contributed by atoms with Crippen molar-refractivity contribution in [2.24, 2.45) is 17.6 Å². The molecule has 59 heavy (non-hydrogen) atoms. The van der Waals surface area contributed by atoms with Crippen LogP contribution in [-0.2, 0) is 17.3 Å². The van der Waals surface area contributed by atoms with Crippen LogP contribution in [0.2, 0.25) is 0 Å². The zero-order valence-electron chi connectivity index (χ0n) is 33.2. The highest BCUT2D eigenvalue weighted by molar-refractivity contribution is 14.1. The Morgan fingerprint density at radius 2 is 1.59 bits per heavy atom. The van der Waals surface area contributed by atoms with Crippen LogP contribution in [0.5, 0.6) is 0 Å². The Morgan fingerprint density at radius 1 is 0.814 bits per heavy atom. The third kappa shape index (κ3) is 6.15. The highest BCUT2D eigenvalue weighted by atomic mass is 127. The molecule has 3 N–H and O–H groups in total. The van der Waals surface area contributed by atoms with Crippen molar-refractivity contribution in [2.45, 2.75) is 47.0 Å². The van der Waals surface area contributed by atoms with Crippen molar-refractivity contribution in [3.8, 4) is 0 Å². The Balaban J connectivity index is 0.963. The van der Waals surface area contributed by atoms with Crippen molar-refractivity contribution in [2.75, 3.05) is 11.9 Å². The van der Waals surface area contributed by atoms with Crippen molar-refractivity contribution in [3.63, 3.8) is 0 Å². The molecule has 0 spiro atoms. The Morgan fingerprint density at radius 3 is 2.37 bits per heavy atom. The topological polar surface area (TPSA) is 55.9 Å². The maximum Gasteiger partial charge on any atom is 0.125 e. The Hall–Kier alpha value is -5.50. The first kappa shape index (κ1) is 36.6. The number of alkyl halides is 1. The molecule has 290 valence electrons. The van der Waals surface area contributed by atoms with Gasteiger partial charge in [-0.2, -0.15) is 0 Å². The Kier molecular flexibility index (Phi) is 8.90. The van der Waals surface area contributed by atoms with Crippen molar-refractivity contribution in [1.82, 2.24) is 9.55 Å². The fourth-order valence-corrected chi connectivity index (χ4v) is 11.0.